The molecule has 9 heteroatoms. The van der Waals surface area contributed by atoms with Crippen molar-refractivity contribution in [1.82, 2.24) is 15.2 Å². The summed E-state index contributed by atoms with van der Waals surface area (Å²) in [4.78, 5) is 53.0. The number of aromatic amines is 1. The lowest BCUT2D eigenvalue weighted by molar-refractivity contribution is -0.129. The summed E-state index contributed by atoms with van der Waals surface area (Å²) >= 11 is 0. The van der Waals surface area contributed by atoms with E-state index < -0.39 is 23.9 Å². The van der Waals surface area contributed by atoms with Crippen molar-refractivity contribution < 1.29 is 19.2 Å². The molecule has 164 valence electrons. The van der Waals surface area contributed by atoms with Gasteiger partial charge in [0.2, 0.25) is 11.8 Å². The molecule has 5 amide bonds. The van der Waals surface area contributed by atoms with Gasteiger partial charge in [-0.2, -0.15) is 0 Å². The number of anilines is 2. The van der Waals surface area contributed by atoms with Gasteiger partial charge in [-0.3, -0.25) is 19.3 Å². The molecule has 4 rings (SSSR count). The first-order chi connectivity index (χ1) is 15.4. The Morgan fingerprint density at radius 3 is 2.56 bits per heavy atom. The van der Waals surface area contributed by atoms with Gasteiger partial charge in [0.05, 0.1) is 6.42 Å². The largest absolute Gasteiger partial charge is 0.361 e. The van der Waals surface area contributed by atoms with Crippen molar-refractivity contribution >= 4 is 46.0 Å². The maximum atomic E-state index is 12.7. The lowest BCUT2D eigenvalue weighted by Gasteiger charge is -2.13. The van der Waals surface area contributed by atoms with Crippen molar-refractivity contribution in [2.75, 3.05) is 17.2 Å². The van der Waals surface area contributed by atoms with Crippen LogP contribution in [0.2, 0.25) is 0 Å². The van der Waals surface area contributed by atoms with Gasteiger partial charge >= 0.3 is 6.03 Å². The molecule has 1 aromatic heterocycles. The first kappa shape index (κ1) is 21.1. The Morgan fingerprint density at radius 2 is 1.78 bits per heavy atom. The molecular formula is C23H23N5O4. The van der Waals surface area contributed by atoms with Gasteiger partial charge in [0, 0.05) is 41.9 Å². The molecule has 32 heavy (non-hydrogen) atoms. The Hall–Kier alpha value is -4.14. The van der Waals surface area contributed by atoms with Gasteiger partial charge < -0.3 is 20.9 Å². The minimum absolute atomic E-state index is 0.182. The molecule has 1 atom stereocenters. The number of urea groups is 1. The van der Waals surface area contributed by atoms with Gasteiger partial charge in [-0.25, -0.2) is 4.79 Å². The third-order valence-corrected chi connectivity index (χ3v) is 5.24. The van der Waals surface area contributed by atoms with E-state index in [2.05, 4.69) is 20.9 Å². The fourth-order valence-corrected chi connectivity index (χ4v) is 3.77. The van der Waals surface area contributed by atoms with Crippen molar-refractivity contribution in [2.45, 2.75) is 25.8 Å². The Labute approximate surface area is 184 Å². The number of rotatable bonds is 7. The van der Waals surface area contributed by atoms with Crippen molar-refractivity contribution in [3.8, 4) is 0 Å². The zero-order valence-corrected chi connectivity index (χ0v) is 17.5. The van der Waals surface area contributed by atoms with E-state index in [1.54, 1.807) is 24.3 Å². The number of imide groups is 1. The first-order valence-electron chi connectivity index (χ1n) is 10.2. The van der Waals surface area contributed by atoms with E-state index in [4.69, 9.17) is 0 Å². The fourth-order valence-electron chi connectivity index (χ4n) is 3.77. The van der Waals surface area contributed by atoms with Crippen molar-refractivity contribution in [3.63, 3.8) is 0 Å². The highest BCUT2D eigenvalue weighted by Crippen LogP contribution is 2.20. The Morgan fingerprint density at radius 1 is 1.03 bits per heavy atom. The highest BCUT2D eigenvalue weighted by atomic mass is 16.2. The number of fused-ring (bicyclic) bond motifs is 1. The molecule has 2 aromatic carbocycles. The third-order valence-electron chi connectivity index (χ3n) is 5.24. The monoisotopic (exact) mass is 433 g/mol. The number of para-hydroxylation sites is 1. The Balaban J connectivity index is 1.34. The molecule has 2 heterocycles. The van der Waals surface area contributed by atoms with Crippen LogP contribution >= 0.6 is 0 Å². The maximum absolute atomic E-state index is 12.7. The highest BCUT2D eigenvalue weighted by Gasteiger charge is 2.38. The molecule has 9 nitrogen and oxygen atoms in total. The van der Waals surface area contributed by atoms with Gasteiger partial charge in [-0.05, 0) is 36.2 Å². The molecule has 4 N–H and O–H groups in total. The summed E-state index contributed by atoms with van der Waals surface area (Å²) in [6.07, 6.45) is 2.21. The second-order valence-electron chi connectivity index (χ2n) is 7.62. The van der Waals surface area contributed by atoms with Crippen molar-refractivity contribution in [1.29, 1.82) is 0 Å². The van der Waals surface area contributed by atoms with Crippen LogP contribution in [0.25, 0.3) is 10.9 Å². The van der Waals surface area contributed by atoms with Crippen LogP contribution in [0.3, 0.4) is 0 Å². The van der Waals surface area contributed by atoms with E-state index in [1.807, 2.05) is 30.5 Å². The normalized spacial score (nSPS) is 15.7. The second kappa shape index (κ2) is 8.93. The van der Waals surface area contributed by atoms with Gasteiger partial charge in [0.25, 0.3) is 5.91 Å². The van der Waals surface area contributed by atoms with Gasteiger partial charge in [0.1, 0.15) is 6.04 Å². The van der Waals surface area contributed by atoms with Gasteiger partial charge in [0.15, 0.2) is 0 Å². The molecule has 1 fully saturated rings. The number of nitrogens with one attached hydrogen (secondary N) is 4. The number of aromatic nitrogens is 1. The zero-order chi connectivity index (χ0) is 22.7. The van der Waals surface area contributed by atoms with Crippen LogP contribution in [0.4, 0.5) is 16.2 Å². The zero-order valence-electron chi connectivity index (χ0n) is 17.5. The summed E-state index contributed by atoms with van der Waals surface area (Å²) in [7, 11) is 0. The number of amides is 5. The summed E-state index contributed by atoms with van der Waals surface area (Å²) in [5.74, 6) is -1.06. The molecule has 1 aliphatic rings. The van der Waals surface area contributed by atoms with Crippen molar-refractivity contribution in [2.24, 2.45) is 0 Å². The SMILES string of the molecule is CC(=O)Nc1cccc(NC(=O)C[C@H]2NC(=O)N(CCc3c[nH]c4ccccc34)C2=O)c1. The summed E-state index contributed by atoms with van der Waals surface area (Å²) in [5.41, 5.74) is 3.04. The lowest BCUT2D eigenvalue weighted by atomic mass is 10.1. The molecule has 0 spiro atoms. The van der Waals surface area contributed by atoms with Gasteiger partial charge in [-0.15, -0.1) is 0 Å². The van der Waals surface area contributed by atoms with E-state index in [-0.39, 0.29) is 18.9 Å². The number of hydrogen-bond donors (Lipinski definition) is 4. The number of carbonyl (C=O) groups excluding carboxylic acids is 4. The van der Waals surface area contributed by atoms with E-state index in [9.17, 15) is 19.2 Å². The average Bonchev–Trinajstić information content (AvgIpc) is 3.27. The molecule has 0 saturated carbocycles. The first-order valence-corrected chi connectivity index (χ1v) is 10.2. The van der Waals surface area contributed by atoms with Crippen LogP contribution in [-0.4, -0.2) is 46.2 Å². The summed E-state index contributed by atoms with van der Waals surface area (Å²) < 4.78 is 0. The standard InChI is InChI=1S/C23H23N5O4/c1-14(29)25-16-5-4-6-17(11-16)26-21(30)12-20-22(31)28(23(32)27-20)10-9-15-13-24-19-8-3-2-7-18(15)19/h2-8,11,13,20,24H,9-10,12H2,1H3,(H,25,29)(H,26,30)(H,27,32)/t20-/m1/s1. The molecule has 0 unspecified atom stereocenters. The highest BCUT2D eigenvalue weighted by molar-refractivity contribution is 6.07. The summed E-state index contributed by atoms with van der Waals surface area (Å²) in [6.45, 7) is 1.62. The van der Waals surface area contributed by atoms with Crippen LogP contribution in [0.5, 0.6) is 0 Å². The molecule has 1 saturated heterocycles. The van der Waals surface area contributed by atoms with Crippen LogP contribution in [-0.2, 0) is 20.8 Å². The van der Waals surface area contributed by atoms with Crippen LogP contribution < -0.4 is 16.0 Å². The maximum Gasteiger partial charge on any atom is 0.324 e. The molecule has 3 aromatic rings. The van der Waals surface area contributed by atoms with E-state index in [0.29, 0.717) is 17.8 Å². The number of H-pyrrole nitrogens is 1. The lowest BCUT2D eigenvalue weighted by Crippen LogP contribution is -2.34. The number of nitrogens with zero attached hydrogens (tertiary/aromatic N) is 1. The molecule has 0 aliphatic carbocycles. The summed E-state index contributed by atoms with van der Waals surface area (Å²) in [5, 5.41) is 8.97. The predicted molar refractivity (Wildman–Crippen MR) is 120 cm³/mol. The minimum atomic E-state index is -0.913. The fraction of sp³-hybridized carbons (Fsp3) is 0.217. The van der Waals surface area contributed by atoms with E-state index in [1.165, 1.54) is 6.92 Å². The number of benzene rings is 2. The van der Waals surface area contributed by atoms with E-state index in [0.717, 1.165) is 21.4 Å². The minimum Gasteiger partial charge on any atom is -0.361 e. The van der Waals surface area contributed by atoms with Crippen LogP contribution in [0, 0.1) is 0 Å². The quantitative estimate of drug-likeness (QED) is 0.428. The Bertz CT molecular complexity index is 1200. The molecule has 1 aliphatic heterocycles. The Kier molecular flexibility index (Phi) is 5.89. The predicted octanol–water partition coefficient (Wildman–Crippen LogP) is 2.62. The number of carbonyl (C=O) groups is 4. The average molecular weight is 433 g/mol. The van der Waals surface area contributed by atoms with Crippen molar-refractivity contribution in [3.05, 3.63) is 60.3 Å². The molecular weight excluding hydrogens is 410 g/mol. The van der Waals surface area contributed by atoms with Gasteiger partial charge in [-0.1, -0.05) is 24.3 Å². The van der Waals surface area contributed by atoms with Crippen LogP contribution in [0.15, 0.2) is 54.7 Å². The second-order valence-corrected chi connectivity index (χ2v) is 7.62. The molecule has 0 radical (unpaired) electrons. The number of hydrogen-bond acceptors (Lipinski definition) is 4. The summed E-state index contributed by atoms with van der Waals surface area (Å²) in [6, 6.07) is 13.1. The van der Waals surface area contributed by atoms with E-state index >= 15 is 0 Å². The smallest absolute Gasteiger partial charge is 0.324 e. The topological polar surface area (TPSA) is 123 Å². The molecule has 0 bridgehead atoms. The van der Waals surface area contributed by atoms with Crippen LogP contribution in [0.1, 0.15) is 18.9 Å². The third kappa shape index (κ3) is 4.61.